The second kappa shape index (κ2) is 7.98. The number of amides is 1. The maximum atomic E-state index is 11.9. The van der Waals surface area contributed by atoms with Crippen LogP contribution in [0.25, 0.3) is 0 Å². The smallest absolute Gasteiger partial charge is 0.335 e. The molecular weight excluding hydrogens is 300 g/mol. The number of nitrogens with one attached hydrogen (secondary N) is 1. The summed E-state index contributed by atoms with van der Waals surface area (Å²) in [6.45, 7) is 2.16. The third-order valence-corrected chi connectivity index (χ3v) is 4.59. The summed E-state index contributed by atoms with van der Waals surface area (Å²) < 4.78 is 0. The molecule has 1 amide bonds. The maximum Gasteiger partial charge on any atom is 0.335 e. The molecule has 1 atom stereocenters. The number of unbranched alkanes of at least 4 members (excludes halogenated alkanes) is 3. The molecule has 1 fully saturated rings. The van der Waals surface area contributed by atoms with Gasteiger partial charge in [-0.1, -0.05) is 44.4 Å². The summed E-state index contributed by atoms with van der Waals surface area (Å²) in [5.74, 6) is -0.947. The van der Waals surface area contributed by atoms with Gasteiger partial charge in [-0.2, -0.15) is 0 Å². The first-order valence-corrected chi connectivity index (χ1v) is 8.37. The molecule has 1 aromatic carbocycles. The van der Waals surface area contributed by atoms with Crippen molar-refractivity contribution in [3.05, 3.63) is 29.8 Å². The van der Waals surface area contributed by atoms with Crippen molar-refractivity contribution in [3.63, 3.8) is 0 Å². The Labute approximate surface area is 134 Å². The van der Waals surface area contributed by atoms with E-state index >= 15 is 0 Å². The molecular formula is C16H20N2O3S. The Kier molecular flexibility index (Phi) is 6.00. The first-order valence-electron chi connectivity index (χ1n) is 7.49. The maximum absolute atomic E-state index is 11.9. The number of rotatable bonds is 7. The van der Waals surface area contributed by atoms with Crippen LogP contribution in [-0.2, 0) is 4.79 Å². The van der Waals surface area contributed by atoms with E-state index in [2.05, 4.69) is 17.2 Å². The van der Waals surface area contributed by atoms with Gasteiger partial charge in [-0.15, -0.1) is 0 Å². The van der Waals surface area contributed by atoms with Gasteiger partial charge in [-0.05, 0) is 30.7 Å². The number of nitrogens with zero attached hydrogens (tertiary/aromatic N) is 1. The number of aliphatic imine (C=N–C) groups is 1. The molecule has 0 radical (unpaired) electrons. The molecule has 6 heteroatoms. The van der Waals surface area contributed by atoms with Gasteiger partial charge >= 0.3 is 5.97 Å². The van der Waals surface area contributed by atoms with Crippen molar-refractivity contribution in [2.24, 2.45) is 4.99 Å². The fraction of sp³-hybridized carbons (Fsp3) is 0.438. The van der Waals surface area contributed by atoms with Crippen LogP contribution in [0.4, 0.5) is 5.69 Å². The van der Waals surface area contributed by atoms with Gasteiger partial charge in [-0.3, -0.25) is 4.79 Å². The predicted octanol–water partition coefficient (Wildman–Crippen LogP) is 3.57. The second-order valence-corrected chi connectivity index (χ2v) is 6.41. The van der Waals surface area contributed by atoms with Crippen molar-refractivity contribution in [1.29, 1.82) is 0 Å². The Balaban J connectivity index is 1.93. The Morgan fingerprint density at radius 1 is 1.27 bits per heavy atom. The number of carbonyl (C=O) groups is 2. The van der Waals surface area contributed by atoms with E-state index in [4.69, 9.17) is 5.11 Å². The van der Waals surface area contributed by atoms with Gasteiger partial charge in [0.05, 0.1) is 16.5 Å². The molecule has 1 aromatic rings. The highest BCUT2D eigenvalue weighted by molar-refractivity contribution is 8.15. The Morgan fingerprint density at radius 2 is 2.00 bits per heavy atom. The number of thioether (sulfide) groups is 1. The van der Waals surface area contributed by atoms with Crippen LogP contribution < -0.4 is 5.32 Å². The average Bonchev–Trinajstić information content (AvgIpc) is 2.84. The molecule has 1 aliphatic heterocycles. The van der Waals surface area contributed by atoms with E-state index in [0.29, 0.717) is 10.9 Å². The average molecular weight is 320 g/mol. The zero-order chi connectivity index (χ0) is 15.9. The van der Waals surface area contributed by atoms with Crippen molar-refractivity contribution in [1.82, 2.24) is 5.32 Å². The van der Waals surface area contributed by atoms with E-state index in [0.717, 1.165) is 19.3 Å². The van der Waals surface area contributed by atoms with Crippen LogP contribution in [0.5, 0.6) is 0 Å². The molecule has 1 saturated heterocycles. The summed E-state index contributed by atoms with van der Waals surface area (Å²) in [7, 11) is 0. The van der Waals surface area contributed by atoms with Crippen LogP contribution >= 0.6 is 11.8 Å². The number of carboxylic acid groups (broad SMARTS) is 1. The fourth-order valence-corrected chi connectivity index (χ4v) is 3.24. The number of aromatic carboxylic acids is 1. The molecule has 2 rings (SSSR count). The van der Waals surface area contributed by atoms with Crippen LogP contribution in [-0.4, -0.2) is 27.4 Å². The molecule has 0 spiro atoms. The van der Waals surface area contributed by atoms with E-state index < -0.39 is 5.97 Å². The number of benzene rings is 1. The lowest BCUT2D eigenvalue weighted by molar-refractivity contribution is -0.118. The zero-order valence-electron chi connectivity index (χ0n) is 12.5. The quantitative estimate of drug-likeness (QED) is 0.753. The Hall–Kier alpha value is -1.82. The van der Waals surface area contributed by atoms with E-state index in [1.807, 2.05) is 0 Å². The number of carbonyl (C=O) groups excluding carboxylic acids is 1. The number of amidine groups is 1. The van der Waals surface area contributed by atoms with Gasteiger partial charge in [0, 0.05) is 0 Å². The number of hydrogen-bond donors (Lipinski definition) is 2. The molecule has 0 aliphatic carbocycles. The van der Waals surface area contributed by atoms with Crippen molar-refractivity contribution in [3.8, 4) is 0 Å². The molecule has 0 saturated carbocycles. The van der Waals surface area contributed by atoms with E-state index in [9.17, 15) is 9.59 Å². The lowest BCUT2D eigenvalue weighted by Gasteiger charge is -2.03. The number of carboxylic acids is 1. The molecule has 1 unspecified atom stereocenters. The topological polar surface area (TPSA) is 78.8 Å². The zero-order valence-corrected chi connectivity index (χ0v) is 13.4. The largest absolute Gasteiger partial charge is 0.478 e. The summed E-state index contributed by atoms with van der Waals surface area (Å²) >= 11 is 1.46. The fourth-order valence-electron chi connectivity index (χ4n) is 2.20. The molecule has 1 heterocycles. The molecule has 1 aliphatic rings. The normalized spacial score (nSPS) is 19.4. The minimum absolute atomic E-state index is 0.0161. The Morgan fingerprint density at radius 3 is 2.64 bits per heavy atom. The first kappa shape index (κ1) is 16.5. The minimum Gasteiger partial charge on any atom is -0.478 e. The summed E-state index contributed by atoms with van der Waals surface area (Å²) in [5, 5.41) is 12.2. The third kappa shape index (κ3) is 4.59. The molecule has 0 bridgehead atoms. The molecule has 2 N–H and O–H groups in total. The van der Waals surface area contributed by atoms with Gasteiger partial charge in [-0.25, -0.2) is 9.79 Å². The van der Waals surface area contributed by atoms with Gasteiger partial charge < -0.3 is 10.4 Å². The monoisotopic (exact) mass is 320 g/mol. The van der Waals surface area contributed by atoms with Crippen LogP contribution in [0.15, 0.2) is 29.3 Å². The van der Waals surface area contributed by atoms with E-state index in [-0.39, 0.29) is 16.7 Å². The lowest BCUT2D eigenvalue weighted by atomic mass is 10.1. The van der Waals surface area contributed by atoms with Crippen LogP contribution in [0.1, 0.15) is 49.4 Å². The highest BCUT2D eigenvalue weighted by Gasteiger charge is 2.29. The summed E-state index contributed by atoms with van der Waals surface area (Å²) in [5.41, 5.74) is 0.861. The predicted molar refractivity (Wildman–Crippen MR) is 88.8 cm³/mol. The van der Waals surface area contributed by atoms with Crippen molar-refractivity contribution in [2.45, 2.75) is 44.3 Å². The van der Waals surface area contributed by atoms with Crippen LogP contribution in [0, 0.1) is 0 Å². The highest BCUT2D eigenvalue weighted by Crippen LogP contribution is 2.26. The standard InChI is InChI=1S/C16H20N2O3S/c1-2-3-4-5-6-13-14(19)18-16(22-13)17-12-9-7-11(8-10-12)15(20)21/h7-10,13H,2-6H2,1H3,(H,20,21)(H,17,18,19). The molecule has 0 aromatic heterocycles. The van der Waals surface area contributed by atoms with Crippen molar-refractivity contribution >= 4 is 34.5 Å². The van der Waals surface area contributed by atoms with Gasteiger partial charge in [0.1, 0.15) is 0 Å². The van der Waals surface area contributed by atoms with Gasteiger partial charge in [0.2, 0.25) is 5.91 Å². The minimum atomic E-state index is -0.963. The second-order valence-electron chi connectivity index (χ2n) is 5.21. The molecule has 22 heavy (non-hydrogen) atoms. The highest BCUT2D eigenvalue weighted by atomic mass is 32.2. The third-order valence-electron chi connectivity index (χ3n) is 3.44. The summed E-state index contributed by atoms with van der Waals surface area (Å²) in [6, 6.07) is 6.28. The Bertz CT molecular complexity index is 569. The molecule has 118 valence electrons. The summed E-state index contributed by atoms with van der Waals surface area (Å²) in [4.78, 5) is 27.0. The van der Waals surface area contributed by atoms with E-state index in [1.165, 1.54) is 36.7 Å². The van der Waals surface area contributed by atoms with Gasteiger partial charge in [0.15, 0.2) is 5.17 Å². The van der Waals surface area contributed by atoms with Crippen molar-refractivity contribution < 1.29 is 14.7 Å². The lowest BCUT2D eigenvalue weighted by Crippen LogP contribution is -2.24. The van der Waals surface area contributed by atoms with Crippen LogP contribution in [0.2, 0.25) is 0 Å². The summed E-state index contributed by atoms with van der Waals surface area (Å²) in [6.07, 6.45) is 5.47. The van der Waals surface area contributed by atoms with Crippen LogP contribution in [0.3, 0.4) is 0 Å². The number of hydrogen-bond acceptors (Lipinski definition) is 4. The van der Waals surface area contributed by atoms with Crippen molar-refractivity contribution in [2.75, 3.05) is 0 Å². The molecule has 5 nitrogen and oxygen atoms in total. The first-order chi connectivity index (χ1) is 10.6. The van der Waals surface area contributed by atoms with E-state index in [1.54, 1.807) is 12.1 Å². The van der Waals surface area contributed by atoms with Gasteiger partial charge in [0.25, 0.3) is 0 Å². The SMILES string of the molecule is CCCCCCC1SC(=Nc2ccc(C(=O)O)cc2)NC1=O.